The summed E-state index contributed by atoms with van der Waals surface area (Å²) in [7, 11) is 0. The molecule has 18 heavy (non-hydrogen) atoms. The van der Waals surface area contributed by atoms with Crippen LogP contribution < -0.4 is 0 Å². The van der Waals surface area contributed by atoms with E-state index < -0.39 is 11.4 Å². The number of halogens is 1. The highest BCUT2D eigenvalue weighted by atomic mass is 35.5. The fourth-order valence-electron chi connectivity index (χ4n) is 3.05. The highest BCUT2D eigenvalue weighted by molar-refractivity contribution is 6.29. The van der Waals surface area contributed by atoms with E-state index in [1.807, 2.05) is 13.0 Å². The number of aliphatic carboxylic acids is 1. The zero-order valence-electron chi connectivity index (χ0n) is 10.5. The number of carboxylic acid groups (broad SMARTS) is 1. The second kappa shape index (κ2) is 5.27. The lowest BCUT2D eigenvalue weighted by Gasteiger charge is -2.23. The van der Waals surface area contributed by atoms with E-state index in [4.69, 9.17) is 11.6 Å². The van der Waals surface area contributed by atoms with E-state index in [1.54, 1.807) is 12.3 Å². The fraction of sp³-hybridized carbons (Fsp3) is 0.571. The Morgan fingerprint density at radius 1 is 1.61 bits per heavy atom. The minimum atomic E-state index is -0.645. The molecule has 0 aliphatic heterocycles. The third kappa shape index (κ3) is 2.51. The largest absolute Gasteiger partial charge is 0.481 e. The summed E-state index contributed by atoms with van der Waals surface area (Å²) in [5, 5.41) is 9.95. The summed E-state index contributed by atoms with van der Waals surface area (Å²) in [5.41, 5.74) is 0.581. The van der Waals surface area contributed by atoms with E-state index >= 15 is 0 Å². The number of carbonyl (C=O) groups is 1. The van der Waals surface area contributed by atoms with Gasteiger partial charge in [-0.1, -0.05) is 31.0 Å². The van der Waals surface area contributed by atoms with Crippen molar-refractivity contribution in [3.8, 4) is 0 Å². The minimum absolute atomic E-state index is 0.303. The zero-order chi connectivity index (χ0) is 13.2. The maximum atomic E-state index is 11.5. The summed E-state index contributed by atoms with van der Waals surface area (Å²) in [5.74, 6) is -0.341. The molecule has 1 aliphatic rings. The third-order valence-corrected chi connectivity index (χ3v) is 4.24. The molecule has 0 saturated heterocycles. The van der Waals surface area contributed by atoms with E-state index in [0.29, 0.717) is 11.1 Å². The second-order valence-corrected chi connectivity index (χ2v) is 5.58. The molecule has 1 heterocycles. The maximum absolute atomic E-state index is 11.5. The van der Waals surface area contributed by atoms with E-state index in [9.17, 15) is 9.90 Å². The van der Waals surface area contributed by atoms with Crippen LogP contribution in [0, 0.1) is 5.41 Å². The van der Waals surface area contributed by atoms with Crippen LogP contribution in [0.4, 0.5) is 0 Å². The third-order valence-electron chi connectivity index (χ3n) is 4.01. The predicted octanol–water partition coefficient (Wildman–Crippen LogP) is 3.87. The number of nitrogens with zero attached hydrogens (tertiary/aromatic N) is 1. The van der Waals surface area contributed by atoms with Gasteiger partial charge in [-0.15, -0.1) is 0 Å². The van der Waals surface area contributed by atoms with Crippen molar-refractivity contribution in [3.63, 3.8) is 0 Å². The van der Waals surface area contributed by atoms with Crippen LogP contribution >= 0.6 is 11.6 Å². The monoisotopic (exact) mass is 267 g/mol. The number of aromatic nitrogens is 1. The molecule has 0 aromatic carbocycles. The lowest BCUT2D eigenvalue weighted by Crippen LogP contribution is -2.27. The number of hydrogen-bond donors (Lipinski definition) is 1. The van der Waals surface area contributed by atoms with Gasteiger partial charge >= 0.3 is 5.97 Å². The molecule has 2 rings (SSSR count). The van der Waals surface area contributed by atoms with Crippen molar-refractivity contribution in [3.05, 3.63) is 29.0 Å². The molecule has 98 valence electrons. The lowest BCUT2D eigenvalue weighted by atomic mass is 9.80. The number of rotatable bonds is 4. The Labute approximate surface area is 112 Å². The topological polar surface area (TPSA) is 50.2 Å². The summed E-state index contributed by atoms with van der Waals surface area (Å²) in [6, 6.07) is 3.74. The van der Waals surface area contributed by atoms with Crippen LogP contribution in [0.3, 0.4) is 0 Å². The van der Waals surface area contributed by atoms with Gasteiger partial charge in [0.25, 0.3) is 0 Å². The van der Waals surface area contributed by atoms with Gasteiger partial charge in [-0.25, -0.2) is 4.98 Å². The molecule has 0 unspecified atom stereocenters. The minimum Gasteiger partial charge on any atom is -0.481 e. The van der Waals surface area contributed by atoms with Gasteiger partial charge in [-0.3, -0.25) is 4.79 Å². The Balaban J connectivity index is 2.15. The molecule has 3 nitrogen and oxygen atoms in total. The highest BCUT2D eigenvalue weighted by Crippen LogP contribution is 2.49. The van der Waals surface area contributed by atoms with Crippen LogP contribution in [0.1, 0.15) is 50.5 Å². The van der Waals surface area contributed by atoms with Crippen LogP contribution in [-0.2, 0) is 4.79 Å². The average molecular weight is 268 g/mol. The van der Waals surface area contributed by atoms with Crippen molar-refractivity contribution >= 4 is 17.6 Å². The Morgan fingerprint density at radius 2 is 2.39 bits per heavy atom. The molecule has 1 aliphatic carbocycles. The summed E-state index contributed by atoms with van der Waals surface area (Å²) < 4.78 is 0. The predicted molar refractivity (Wildman–Crippen MR) is 70.8 cm³/mol. The van der Waals surface area contributed by atoms with Gasteiger partial charge in [-0.05, 0) is 43.2 Å². The van der Waals surface area contributed by atoms with Gasteiger partial charge in [0.05, 0.1) is 5.41 Å². The maximum Gasteiger partial charge on any atom is 0.309 e. The van der Waals surface area contributed by atoms with Crippen molar-refractivity contribution in [1.82, 2.24) is 4.98 Å². The zero-order valence-corrected chi connectivity index (χ0v) is 11.3. The normalized spacial score (nSPS) is 27.3. The van der Waals surface area contributed by atoms with Crippen molar-refractivity contribution in [2.24, 2.45) is 5.41 Å². The van der Waals surface area contributed by atoms with Crippen molar-refractivity contribution in [2.75, 3.05) is 0 Å². The Hall–Kier alpha value is -1.09. The highest BCUT2D eigenvalue weighted by Gasteiger charge is 2.44. The Kier molecular flexibility index (Phi) is 3.91. The second-order valence-electron chi connectivity index (χ2n) is 5.19. The van der Waals surface area contributed by atoms with Crippen LogP contribution in [0.5, 0.6) is 0 Å². The van der Waals surface area contributed by atoms with E-state index in [1.165, 1.54) is 0 Å². The summed E-state index contributed by atoms with van der Waals surface area (Å²) in [6.45, 7) is 2.04. The molecule has 2 atom stereocenters. The Bertz CT molecular complexity index is 432. The van der Waals surface area contributed by atoms with Crippen molar-refractivity contribution < 1.29 is 9.90 Å². The summed E-state index contributed by atoms with van der Waals surface area (Å²) >= 11 is 5.77. The molecule has 0 amide bonds. The molecular formula is C14H18ClNO2. The van der Waals surface area contributed by atoms with Crippen LogP contribution in [-0.4, -0.2) is 16.1 Å². The standard InChI is InChI=1S/C14H18ClNO2/c1-2-6-14(13(17)18)7-5-10(8-14)11-3-4-12(15)16-9-11/h3-4,9-10H,2,5-8H2,1H3,(H,17,18)/t10-,14+/m0/s1. The first kappa shape index (κ1) is 13.3. The van der Waals surface area contributed by atoms with Gasteiger partial charge in [0.2, 0.25) is 0 Å². The van der Waals surface area contributed by atoms with E-state index in [2.05, 4.69) is 4.98 Å². The molecule has 1 fully saturated rings. The number of pyridine rings is 1. The Morgan fingerprint density at radius 3 is 2.94 bits per heavy atom. The van der Waals surface area contributed by atoms with Crippen LogP contribution in [0.15, 0.2) is 18.3 Å². The molecule has 4 heteroatoms. The molecule has 0 radical (unpaired) electrons. The number of carboxylic acids is 1. The molecular weight excluding hydrogens is 250 g/mol. The molecule has 0 bridgehead atoms. The smallest absolute Gasteiger partial charge is 0.309 e. The SMILES string of the molecule is CCC[C@@]1(C(=O)O)CC[C@H](c2ccc(Cl)nc2)C1. The first-order valence-electron chi connectivity index (χ1n) is 6.42. The fourth-order valence-corrected chi connectivity index (χ4v) is 3.16. The van der Waals surface area contributed by atoms with Gasteiger partial charge < -0.3 is 5.11 Å². The summed E-state index contributed by atoms with van der Waals surface area (Å²) in [4.78, 5) is 15.6. The van der Waals surface area contributed by atoms with E-state index in [-0.39, 0.29) is 0 Å². The van der Waals surface area contributed by atoms with Gasteiger partial charge in [0.1, 0.15) is 5.15 Å². The van der Waals surface area contributed by atoms with E-state index in [0.717, 1.165) is 37.7 Å². The van der Waals surface area contributed by atoms with Crippen molar-refractivity contribution in [2.45, 2.75) is 44.9 Å². The first-order chi connectivity index (χ1) is 8.57. The summed E-state index contributed by atoms with van der Waals surface area (Å²) in [6.07, 6.45) is 5.87. The van der Waals surface area contributed by atoms with Gasteiger partial charge in [0, 0.05) is 6.20 Å². The van der Waals surface area contributed by atoms with Crippen LogP contribution in [0.25, 0.3) is 0 Å². The van der Waals surface area contributed by atoms with Gasteiger partial charge in [-0.2, -0.15) is 0 Å². The average Bonchev–Trinajstić information content (AvgIpc) is 2.76. The van der Waals surface area contributed by atoms with Crippen molar-refractivity contribution in [1.29, 1.82) is 0 Å². The molecule has 1 aromatic heterocycles. The molecule has 1 saturated carbocycles. The first-order valence-corrected chi connectivity index (χ1v) is 6.80. The van der Waals surface area contributed by atoms with Crippen LogP contribution in [0.2, 0.25) is 5.15 Å². The quantitative estimate of drug-likeness (QED) is 0.843. The lowest BCUT2D eigenvalue weighted by molar-refractivity contribution is -0.149. The van der Waals surface area contributed by atoms with Gasteiger partial charge in [0.15, 0.2) is 0 Å². The molecule has 1 aromatic rings. The number of hydrogen-bond acceptors (Lipinski definition) is 2. The molecule has 0 spiro atoms. The molecule has 1 N–H and O–H groups in total.